The fraction of sp³-hybridized carbons (Fsp3) is 0. The van der Waals surface area contributed by atoms with Crippen LogP contribution in [-0.4, -0.2) is 11.8 Å². The molecule has 88 valence electrons. The Morgan fingerprint density at radius 1 is 0.882 bits per heavy atom. The molecule has 2 amide bonds. The summed E-state index contributed by atoms with van der Waals surface area (Å²) < 4.78 is 0. The van der Waals surface area contributed by atoms with Gasteiger partial charge in [-0.2, -0.15) is 0 Å². The van der Waals surface area contributed by atoms with Crippen molar-refractivity contribution in [2.45, 2.75) is 0 Å². The number of hydrogen-bond acceptors (Lipinski definition) is 2. The molecule has 1 aliphatic heterocycles. The van der Waals surface area contributed by atoms with Crippen molar-refractivity contribution in [1.82, 2.24) is 0 Å². The van der Waals surface area contributed by atoms with Crippen LogP contribution in [0.25, 0.3) is 0 Å². The van der Waals surface area contributed by atoms with Gasteiger partial charge in [0.1, 0.15) is 10.1 Å². The molecule has 0 aromatic heterocycles. The van der Waals surface area contributed by atoms with Gasteiger partial charge in [-0.05, 0) is 18.2 Å². The Kier molecular flexibility index (Phi) is 3.36. The van der Waals surface area contributed by atoms with Crippen LogP contribution in [0.2, 0.25) is 10.0 Å². The number of amides is 2. The Morgan fingerprint density at radius 2 is 1.41 bits per heavy atom. The van der Waals surface area contributed by atoms with Crippen molar-refractivity contribution in [3.05, 3.63) is 38.3 Å². The van der Waals surface area contributed by atoms with Gasteiger partial charge in [0.2, 0.25) is 0 Å². The van der Waals surface area contributed by atoms with Crippen LogP contribution in [-0.2, 0) is 9.59 Å². The molecule has 1 aromatic rings. The zero-order chi connectivity index (χ0) is 12.7. The Balaban J connectivity index is 2.50. The Labute approximate surface area is 116 Å². The summed E-state index contributed by atoms with van der Waals surface area (Å²) >= 11 is 22.8. The molecular formula is C10H3Cl4NO2. The third-order valence-electron chi connectivity index (χ3n) is 2.13. The fourth-order valence-electron chi connectivity index (χ4n) is 1.36. The van der Waals surface area contributed by atoms with Gasteiger partial charge in [0.05, 0.1) is 10.7 Å². The zero-order valence-electron chi connectivity index (χ0n) is 8.01. The number of benzene rings is 1. The van der Waals surface area contributed by atoms with Gasteiger partial charge < -0.3 is 0 Å². The van der Waals surface area contributed by atoms with Crippen molar-refractivity contribution in [3.8, 4) is 0 Å². The molecule has 0 saturated carbocycles. The molecule has 0 N–H and O–H groups in total. The van der Waals surface area contributed by atoms with Crippen molar-refractivity contribution in [2.24, 2.45) is 0 Å². The molecule has 1 heterocycles. The molecule has 0 unspecified atom stereocenters. The topological polar surface area (TPSA) is 37.4 Å². The average Bonchev–Trinajstić information content (AvgIpc) is 2.45. The molecule has 0 bridgehead atoms. The van der Waals surface area contributed by atoms with E-state index in [1.165, 1.54) is 18.2 Å². The van der Waals surface area contributed by atoms with Crippen molar-refractivity contribution in [1.29, 1.82) is 0 Å². The smallest absolute Gasteiger partial charge is 0.267 e. The van der Waals surface area contributed by atoms with E-state index in [1.807, 2.05) is 0 Å². The second kappa shape index (κ2) is 4.50. The molecule has 0 spiro atoms. The highest BCUT2D eigenvalue weighted by molar-refractivity contribution is 6.62. The van der Waals surface area contributed by atoms with E-state index in [2.05, 4.69) is 0 Å². The summed E-state index contributed by atoms with van der Waals surface area (Å²) in [6.45, 7) is 0. The minimum Gasteiger partial charge on any atom is -0.267 e. The minimum absolute atomic E-state index is 0.162. The van der Waals surface area contributed by atoms with Gasteiger partial charge in [-0.15, -0.1) is 0 Å². The van der Waals surface area contributed by atoms with Crippen molar-refractivity contribution < 1.29 is 9.59 Å². The van der Waals surface area contributed by atoms with Gasteiger partial charge in [-0.3, -0.25) is 9.59 Å². The predicted octanol–water partition coefficient (Wildman–Crippen LogP) is 3.56. The second-order valence-electron chi connectivity index (χ2n) is 3.17. The predicted molar refractivity (Wildman–Crippen MR) is 67.7 cm³/mol. The molecule has 17 heavy (non-hydrogen) atoms. The third kappa shape index (κ3) is 2.04. The molecule has 0 saturated heterocycles. The molecule has 1 aliphatic rings. The second-order valence-corrected chi connectivity index (χ2v) is 4.77. The van der Waals surface area contributed by atoms with Gasteiger partial charge >= 0.3 is 0 Å². The lowest BCUT2D eigenvalue weighted by molar-refractivity contribution is -0.120. The lowest BCUT2D eigenvalue weighted by atomic mass is 10.3. The molecule has 3 nitrogen and oxygen atoms in total. The molecular weight excluding hydrogens is 308 g/mol. The monoisotopic (exact) mass is 309 g/mol. The van der Waals surface area contributed by atoms with Gasteiger partial charge in [-0.1, -0.05) is 46.4 Å². The molecule has 0 radical (unpaired) electrons. The number of halogens is 4. The van der Waals surface area contributed by atoms with Gasteiger partial charge in [0.15, 0.2) is 0 Å². The maximum atomic E-state index is 11.7. The van der Waals surface area contributed by atoms with Crippen molar-refractivity contribution >= 4 is 63.9 Å². The summed E-state index contributed by atoms with van der Waals surface area (Å²) in [7, 11) is 0. The molecule has 1 aromatic carbocycles. The first-order chi connectivity index (χ1) is 7.93. The van der Waals surface area contributed by atoms with Gasteiger partial charge in [0.25, 0.3) is 11.8 Å². The normalized spacial score (nSPS) is 16.1. The van der Waals surface area contributed by atoms with E-state index in [-0.39, 0.29) is 20.8 Å². The maximum Gasteiger partial charge on any atom is 0.278 e. The standard InChI is InChI=1S/C10H3Cl4NO2/c11-4-1-2-6(5(12)3-4)15-9(16)7(13)8(14)10(15)17/h1-3H. The number of nitrogens with zero attached hydrogens (tertiary/aromatic N) is 1. The van der Waals surface area contributed by atoms with Crippen LogP contribution in [0.4, 0.5) is 5.69 Å². The highest BCUT2D eigenvalue weighted by Gasteiger charge is 2.38. The number of hydrogen-bond donors (Lipinski definition) is 0. The molecule has 0 aliphatic carbocycles. The molecule has 7 heteroatoms. The summed E-state index contributed by atoms with van der Waals surface area (Å²) in [5.74, 6) is -1.41. The average molecular weight is 311 g/mol. The summed E-state index contributed by atoms with van der Waals surface area (Å²) in [6.07, 6.45) is 0. The largest absolute Gasteiger partial charge is 0.278 e. The number of carbonyl (C=O) groups excluding carboxylic acids is 2. The van der Waals surface area contributed by atoms with Crippen molar-refractivity contribution in [3.63, 3.8) is 0 Å². The number of imide groups is 1. The van der Waals surface area contributed by atoms with Gasteiger partial charge in [0, 0.05) is 5.02 Å². The number of anilines is 1. The first kappa shape index (κ1) is 12.7. The SMILES string of the molecule is O=C1C(Cl)=C(Cl)C(=O)N1c1ccc(Cl)cc1Cl. The minimum atomic E-state index is -0.703. The summed E-state index contributed by atoms with van der Waals surface area (Å²) in [4.78, 5) is 24.2. The highest BCUT2D eigenvalue weighted by atomic mass is 35.5. The summed E-state index contributed by atoms with van der Waals surface area (Å²) in [6, 6.07) is 4.36. The zero-order valence-corrected chi connectivity index (χ0v) is 11.0. The van der Waals surface area contributed by atoms with E-state index >= 15 is 0 Å². The first-order valence-electron chi connectivity index (χ1n) is 4.32. The summed E-state index contributed by atoms with van der Waals surface area (Å²) in [5, 5.41) is -0.0802. The first-order valence-corrected chi connectivity index (χ1v) is 5.83. The lowest BCUT2D eigenvalue weighted by Gasteiger charge is -2.15. The van der Waals surface area contributed by atoms with Crippen LogP contribution < -0.4 is 4.90 Å². The van der Waals surface area contributed by atoms with E-state index < -0.39 is 11.8 Å². The fourth-order valence-corrected chi connectivity index (χ4v) is 2.18. The third-order valence-corrected chi connectivity index (χ3v) is 3.46. The van der Waals surface area contributed by atoms with E-state index in [4.69, 9.17) is 46.4 Å². The van der Waals surface area contributed by atoms with Crippen LogP contribution in [0, 0.1) is 0 Å². The van der Waals surface area contributed by atoms with Crippen LogP contribution in [0.5, 0.6) is 0 Å². The molecule has 0 atom stereocenters. The van der Waals surface area contributed by atoms with Crippen molar-refractivity contribution in [2.75, 3.05) is 4.90 Å². The Morgan fingerprint density at radius 3 is 1.88 bits per heavy atom. The molecule has 2 rings (SSSR count). The number of carbonyl (C=O) groups is 2. The van der Waals surface area contributed by atoms with Crippen LogP contribution in [0.1, 0.15) is 0 Å². The highest BCUT2D eigenvalue weighted by Crippen LogP contribution is 2.36. The number of rotatable bonds is 1. The Hall–Kier alpha value is -0.740. The van der Waals surface area contributed by atoms with E-state index in [1.54, 1.807) is 0 Å². The lowest BCUT2D eigenvalue weighted by Crippen LogP contribution is -2.31. The molecule has 0 fully saturated rings. The van der Waals surface area contributed by atoms with Crippen LogP contribution in [0.3, 0.4) is 0 Å². The van der Waals surface area contributed by atoms with Crippen LogP contribution in [0.15, 0.2) is 28.3 Å². The summed E-state index contributed by atoms with van der Waals surface area (Å²) in [5.41, 5.74) is 0.194. The Bertz CT molecular complexity index is 543. The van der Waals surface area contributed by atoms with E-state index in [0.717, 1.165) is 4.90 Å². The van der Waals surface area contributed by atoms with Crippen LogP contribution >= 0.6 is 46.4 Å². The van der Waals surface area contributed by atoms with Gasteiger partial charge in [-0.25, -0.2) is 4.90 Å². The quantitative estimate of drug-likeness (QED) is 0.744. The maximum absolute atomic E-state index is 11.7. The van der Waals surface area contributed by atoms with E-state index in [9.17, 15) is 9.59 Å². The van der Waals surface area contributed by atoms with E-state index in [0.29, 0.717) is 5.02 Å².